The maximum atomic E-state index is 12.5. The summed E-state index contributed by atoms with van der Waals surface area (Å²) < 4.78 is 41.6. The van der Waals surface area contributed by atoms with E-state index in [1.807, 2.05) is 30.3 Å². The summed E-state index contributed by atoms with van der Waals surface area (Å²) in [4.78, 5) is 24.5. The van der Waals surface area contributed by atoms with Crippen molar-refractivity contribution in [1.82, 2.24) is 10.7 Å². The zero-order chi connectivity index (χ0) is 29.0. The Morgan fingerprint density at radius 1 is 0.925 bits per heavy atom. The van der Waals surface area contributed by atoms with Gasteiger partial charge in [0.05, 0.1) is 32.4 Å². The van der Waals surface area contributed by atoms with Crippen LogP contribution >= 0.6 is 0 Å². The van der Waals surface area contributed by atoms with Gasteiger partial charge in [0.25, 0.3) is 11.8 Å². The monoisotopic (exact) mass is 568 g/mol. The molecule has 0 aliphatic heterocycles. The van der Waals surface area contributed by atoms with Gasteiger partial charge in [-0.1, -0.05) is 30.3 Å². The van der Waals surface area contributed by atoms with E-state index in [0.29, 0.717) is 29.4 Å². The predicted molar refractivity (Wildman–Crippen MR) is 153 cm³/mol. The highest BCUT2D eigenvalue weighted by Gasteiger charge is 2.22. The van der Waals surface area contributed by atoms with Crippen LogP contribution < -0.4 is 29.3 Å². The molecule has 12 heteroatoms. The topological polar surface area (TPSA) is 136 Å². The molecule has 11 nitrogen and oxygen atoms in total. The molecule has 3 aromatic rings. The fourth-order valence-electron chi connectivity index (χ4n) is 3.57. The summed E-state index contributed by atoms with van der Waals surface area (Å²) in [6.07, 6.45) is 3.14. The third kappa shape index (κ3) is 9.31. The maximum Gasteiger partial charge on any atom is 0.260 e. The summed E-state index contributed by atoms with van der Waals surface area (Å²) in [6.45, 7) is -0.0927. The molecule has 0 bridgehead atoms. The van der Waals surface area contributed by atoms with E-state index in [1.54, 1.807) is 30.3 Å². The van der Waals surface area contributed by atoms with E-state index in [-0.39, 0.29) is 18.2 Å². The largest absolute Gasteiger partial charge is 0.493 e. The number of hydrogen-bond donors (Lipinski definition) is 2. The summed E-state index contributed by atoms with van der Waals surface area (Å²) in [5, 5.41) is 6.72. The van der Waals surface area contributed by atoms with E-state index in [9.17, 15) is 18.0 Å². The van der Waals surface area contributed by atoms with Crippen molar-refractivity contribution >= 4 is 33.7 Å². The molecule has 0 aliphatic rings. The van der Waals surface area contributed by atoms with Gasteiger partial charge in [-0.2, -0.15) is 5.10 Å². The molecule has 0 aliphatic carbocycles. The summed E-state index contributed by atoms with van der Waals surface area (Å²) in [5.74, 6) is 0.378. The highest BCUT2D eigenvalue weighted by atomic mass is 32.2. The number of benzene rings is 3. The van der Waals surface area contributed by atoms with E-state index < -0.39 is 22.5 Å². The van der Waals surface area contributed by atoms with Gasteiger partial charge in [0.2, 0.25) is 10.0 Å². The normalized spacial score (nSPS) is 11.1. The van der Waals surface area contributed by atoms with Crippen LogP contribution in [0.3, 0.4) is 0 Å². The first-order valence-corrected chi connectivity index (χ1v) is 14.1. The van der Waals surface area contributed by atoms with Crippen LogP contribution in [0.15, 0.2) is 77.9 Å². The second kappa shape index (κ2) is 14.5. The van der Waals surface area contributed by atoms with Crippen LogP contribution in [0.4, 0.5) is 5.69 Å². The summed E-state index contributed by atoms with van der Waals surface area (Å²) in [5.41, 5.74) is 4.35. The first kappa shape index (κ1) is 30.0. The number of nitrogens with zero attached hydrogens (tertiary/aromatic N) is 2. The number of sulfonamides is 1. The molecular formula is C28H32N4O7S. The zero-order valence-electron chi connectivity index (χ0n) is 22.5. The Bertz CT molecular complexity index is 1410. The predicted octanol–water partition coefficient (Wildman–Crippen LogP) is 2.36. The number of carbonyl (C=O) groups excluding carboxylic acids is 2. The number of ether oxygens (including phenoxy) is 3. The number of hydrogen-bond acceptors (Lipinski definition) is 8. The Morgan fingerprint density at radius 2 is 1.62 bits per heavy atom. The molecule has 0 radical (unpaired) electrons. The van der Waals surface area contributed by atoms with Crippen molar-refractivity contribution in [1.29, 1.82) is 0 Å². The Morgan fingerprint density at radius 3 is 2.27 bits per heavy atom. The van der Waals surface area contributed by atoms with Crippen molar-refractivity contribution in [2.45, 2.75) is 6.42 Å². The fraction of sp³-hybridized carbons (Fsp3) is 0.250. The molecule has 0 spiro atoms. The van der Waals surface area contributed by atoms with Crippen LogP contribution in [0, 0.1) is 0 Å². The lowest BCUT2D eigenvalue weighted by Crippen LogP contribution is -2.39. The van der Waals surface area contributed by atoms with E-state index in [4.69, 9.17) is 14.2 Å². The van der Waals surface area contributed by atoms with E-state index in [1.165, 1.54) is 32.6 Å². The molecule has 0 heterocycles. The Labute approximate surface area is 233 Å². The minimum Gasteiger partial charge on any atom is -0.493 e. The van der Waals surface area contributed by atoms with Crippen molar-refractivity contribution < 1.29 is 32.2 Å². The lowest BCUT2D eigenvalue weighted by atomic mass is 10.1. The zero-order valence-corrected chi connectivity index (χ0v) is 23.3. The highest BCUT2D eigenvalue weighted by Crippen LogP contribution is 2.32. The molecule has 40 heavy (non-hydrogen) atoms. The maximum absolute atomic E-state index is 12.5. The Kier molecular flexibility index (Phi) is 10.9. The number of carbonyl (C=O) groups is 2. The molecule has 2 amide bonds. The highest BCUT2D eigenvalue weighted by molar-refractivity contribution is 7.92. The number of anilines is 1. The molecule has 3 rings (SSSR count). The van der Waals surface area contributed by atoms with Crippen molar-refractivity contribution in [2.24, 2.45) is 5.10 Å². The van der Waals surface area contributed by atoms with Crippen LogP contribution in [0.2, 0.25) is 0 Å². The Balaban J connectivity index is 1.47. The summed E-state index contributed by atoms with van der Waals surface area (Å²) >= 11 is 0. The summed E-state index contributed by atoms with van der Waals surface area (Å²) in [6, 6.07) is 21.1. The molecular weight excluding hydrogens is 536 g/mol. The van der Waals surface area contributed by atoms with Gasteiger partial charge < -0.3 is 19.5 Å². The van der Waals surface area contributed by atoms with Gasteiger partial charge in [0, 0.05) is 12.6 Å². The SMILES string of the molecule is COc1ccc(N(CC(=O)N/N=C\c2ccc(OCC(=O)NCCc3ccccc3)cc2)S(C)(=O)=O)cc1OC. The Hall–Kier alpha value is -4.58. The van der Waals surface area contributed by atoms with Crippen LogP contribution in [0.5, 0.6) is 17.2 Å². The van der Waals surface area contributed by atoms with E-state index in [2.05, 4.69) is 15.8 Å². The minimum atomic E-state index is -3.79. The number of methoxy groups -OCH3 is 2. The smallest absolute Gasteiger partial charge is 0.260 e. The van der Waals surface area contributed by atoms with E-state index in [0.717, 1.165) is 22.5 Å². The van der Waals surface area contributed by atoms with Crippen molar-refractivity contribution in [3.05, 3.63) is 83.9 Å². The minimum absolute atomic E-state index is 0.116. The number of nitrogens with one attached hydrogen (secondary N) is 2. The standard InChI is InChI=1S/C28H32N4O7S/c1-37-25-14-11-23(17-26(25)38-2)32(40(3,35)36)19-27(33)31-30-18-22-9-12-24(13-10-22)39-20-28(34)29-16-15-21-7-5-4-6-8-21/h4-14,17-18H,15-16,19-20H2,1-3H3,(H,29,34)(H,31,33)/b30-18-. The average Bonchev–Trinajstić information content (AvgIpc) is 2.95. The fourth-order valence-corrected chi connectivity index (χ4v) is 4.41. The van der Waals surface area contributed by atoms with Gasteiger partial charge in [0.15, 0.2) is 18.1 Å². The van der Waals surface area contributed by atoms with Crippen LogP contribution in [-0.2, 0) is 26.0 Å². The van der Waals surface area contributed by atoms with Gasteiger partial charge in [0.1, 0.15) is 12.3 Å². The molecule has 3 aromatic carbocycles. The molecule has 0 aromatic heterocycles. The molecule has 0 fully saturated rings. The van der Waals surface area contributed by atoms with Crippen LogP contribution in [0.25, 0.3) is 0 Å². The van der Waals surface area contributed by atoms with Crippen LogP contribution in [-0.4, -0.2) is 66.6 Å². The third-order valence-electron chi connectivity index (χ3n) is 5.57. The first-order chi connectivity index (χ1) is 19.2. The lowest BCUT2D eigenvalue weighted by molar-refractivity contribution is -0.123. The van der Waals surface area contributed by atoms with Gasteiger partial charge in [-0.3, -0.25) is 13.9 Å². The molecule has 0 unspecified atom stereocenters. The molecule has 212 valence electrons. The third-order valence-corrected chi connectivity index (χ3v) is 6.71. The van der Waals surface area contributed by atoms with Gasteiger partial charge >= 0.3 is 0 Å². The van der Waals surface area contributed by atoms with Crippen molar-refractivity contribution in [2.75, 3.05) is 44.5 Å². The second-order valence-electron chi connectivity index (χ2n) is 8.55. The van der Waals surface area contributed by atoms with Gasteiger partial charge in [-0.15, -0.1) is 0 Å². The number of amides is 2. The van der Waals surface area contributed by atoms with Crippen molar-refractivity contribution in [3.63, 3.8) is 0 Å². The average molecular weight is 569 g/mol. The quantitative estimate of drug-likeness (QED) is 0.225. The first-order valence-electron chi connectivity index (χ1n) is 12.2. The molecule has 2 N–H and O–H groups in total. The molecule has 0 saturated heterocycles. The van der Waals surface area contributed by atoms with Crippen LogP contribution in [0.1, 0.15) is 11.1 Å². The van der Waals surface area contributed by atoms with Gasteiger partial charge in [-0.05, 0) is 53.9 Å². The van der Waals surface area contributed by atoms with Crippen molar-refractivity contribution in [3.8, 4) is 17.2 Å². The van der Waals surface area contributed by atoms with E-state index >= 15 is 0 Å². The number of hydrazone groups is 1. The molecule has 0 atom stereocenters. The van der Waals surface area contributed by atoms with Gasteiger partial charge in [-0.25, -0.2) is 13.8 Å². The summed E-state index contributed by atoms with van der Waals surface area (Å²) in [7, 11) is -0.896. The second-order valence-corrected chi connectivity index (χ2v) is 10.5. The lowest BCUT2D eigenvalue weighted by Gasteiger charge is -2.22. The molecule has 0 saturated carbocycles. The number of rotatable bonds is 14.